The maximum atomic E-state index is 11.3. The molecule has 0 heterocycles. The average Bonchev–Trinajstić information content (AvgIpc) is 2.31. The molecular formula is C10H20N2O4S. The van der Waals surface area contributed by atoms with Crippen molar-refractivity contribution in [2.45, 2.75) is 25.1 Å². The molecule has 0 fully saturated rings. The molecule has 0 aliphatic rings. The number of nitrogens with two attached hydrogens (primary N) is 1. The Hall–Kier alpha value is -0.790. The van der Waals surface area contributed by atoms with Crippen LogP contribution in [0.2, 0.25) is 0 Å². The monoisotopic (exact) mass is 264 g/mol. The Bertz CT molecular complexity index is 263. The number of carbonyl (C=O) groups excluding carboxylic acids is 1. The topological polar surface area (TPSA) is 113 Å². The van der Waals surface area contributed by atoms with Crippen LogP contribution in [-0.2, 0) is 9.59 Å². The zero-order valence-corrected chi connectivity index (χ0v) is 10.9. The second-order valence-corrected chi connectivity index (χ2v) is 5.33. The molecule has 2 unspecified atom stereocenters. The van der Waals surface area contributed by atoms with E-state index < -0.39 is 24.5 Å². The van der Waals surface area contributed by atoms with Gasteiger partial charge in [0.15, 0.2) is 0 Å². The van der Waals surface area contributed by atoms with E-state index in [2.05, 4.69) is 5.32 Å². The van der Waals surface area contributed by atoms with Crippen molar-refractivity contribution in [1.29, 1.82) is 0 Å². The summed E-state index contributed by atoms with van der Waals surface area (Å²) < 4.78 is 0. The number of aliphatic hydroxyl groups excluding tert-OH is 1. The quantitative estimate of drug-likeness (QED) is 0.459. The lowest BCUT2D eigenvalue weighted by atomic mass is 10.1. The number of carboxylic acids is 1. The van der Waals surface area contributed by atoms with Crippen LogP contribution >= 0.6 is 11.8 Å². The highest BCUT2D eigenvalue weighted by atomic mass is 32.2. The van der Waals surface area contributed by atoms with Crippen molar-refractivity contribution in [2.75, 3.05) is 18.9 Å². The van der Waals surface area contributed by atoms with Crippen LogP contribution in [0.25, 0.3) is 0 Å². The van der Waals surface area contributed by atoms with Crippen LogP contribution in [0.1, 0.15) is 13.8 Å². The van der Waals surface area contributed by atoms with Gasteiger partial charge in [0.1, 0.15) is 6.54 Å². The third-order valence-electron chi connectivity index (χ3n) is 2.38. The highest BCUT2D eigenvalue weighted by Crippen LogP contribution is 2.19. The molecule has 7 heteroatoms. The summed E-state index contributed by atoms with van der Waals surface area (Å²) in [5.41, 5.74) is 5.61. The van der Waals surface area contributed by atoms with Gasteiger partial charge in [-0.2, -0.15) is 11.8 Å². The molecule has 1 amide bonds. The van der Waals surface area contributed by atoms with E-state index in [9.17, 15) is 9.59 Å². The maximum absolute atomic E-state index is 11.3. The van der Waals surface area contributed by atoms with E-state index in [1.807, 2.05) is 13.8 Å². The summed E-state index contributed by atoms with van der Waals surface area (Å²) in [6.07, 6.45) is 0. The first kappa shape index (κ1) is 16.2. The summed E-state index contributed by atoms with van der Waals surface area (Å²) in [5, 5.41) is 19.7. The average molecular weight is 264 g/mol. The fraction of sp³-hybridized carbons (Fsp3) is 0.800. The summed E-state index contributed by atoms with van der Waals surface area (Å²) in [4.78, 5) is 21.6. The lowest BCUT2D eigenvalue weighted by Crippen LogP contribution is -2.44. The number of carboxylic acid groups (broad SMARTS) is 1. The second kappa shape index (κ2) is 8.32. The molecule has 0 aromatic heterocycles. The van der Waals surface area contributed by atoms with Crippen molar-refractivity contribution in [3.63, 3.8) is 0 Å². The molecule has 0 aromatic rings. The lowest BCUT2D eigenvalue weighted by molar-refractivity contribution is -0.138. The van der Waals surface area contributed by atoms with Crippen LogP contribution in [0.5, 0.6) is 0 Å². The smallest absolute Gasteiger partial charge is 0.322 e. The van der Waals surface area contributed by atoms with Gasteiger partial charge in [-0.05, 0) is 5.92 Å². The Morgan fingerprint density at radius 1 is 1.41 bits per heavy atom. The van der Waals surface area contributed by atoms with Crippen LogP contribution in [0, 0.1) is 5.92 Å². The zero-order chi connectivity index (χ0) is 13.4. The SMILES string of the molecule is CC(CO)C(C)SC[C@H](N)C(=O)NCC(=O)O. The van der Waals surface area contributed by atoms with E-state index in [0.29, 0.717) is 5.75 Å². The standard InChI is InChI=1S/C10H20N2O4S/c1-6(4-13)7(2)17-5-8(11)10(16)12-3-9(14)15/h6-8,13H,3-5,11H2,1-2H3,(H,12,16)(H,14,15)/t6?,7?,8-/m0/s1. The predicted molar refractivity (Wildman–Crippen MR) is 66.8 cm³/mol. The normalized spacial score (nSPS) is 16.0. The molecular weight excluding hydrogens is 244 g/mol. The summed E-state index contributed by atoms with van der Waals surface area (Å²) in [7, 11) is 0. The van der Waals surface area contributed by atoms with Crippen molar-refractivity contribution in [1.82, 2.24) is 5.32 Å². The third kappa shape index (κ3) is 7.19. The van der Waals surface area contributed by atoms with Crippen molar-refractivity contribution in [2.24, 2.45) is 11.7 Å². The van der Waals surface area contributed by atoms with Crippen LogP contribution in [0.15, 0.2) is 0 Å². The van der Waals surface area contributed by atoms with Gasteiger partial charge in [-0.1, -0.05) is 13.8 Å². The Balaban J connectivity index is 3.88. The van der Waals surface area contributed by atoms with Gasteiger partial charge < -0.3 is 21.3 Å². The number of rotatable bonds is 8. The van der Waals surface area contributed by atoms with Crippen molar-refractivity contribution < 1.29 is 19.8 Å². The molecule has 0 radical (unpaired) electrons. The first-order chi connectivity index (χ1) is 7.88. The lowest BCUT2D eigenvalue weighted by Gasteiger charge is -2.19. The second-order valence-electron chi connectivity index (χ2n) is 3.92. The molecule has 0 saturated carbocycles. The van der Waals surface area contributed by atoms with Crippen LogP contribution in [0.3, 0.4) is 0 Å². The number of hydrogen-bond acceptors (Lipinski definition) is 5. The Labute approximate surface area is 105 Å². The number of nitrogens with one attached hydrogen (secondary N) is 1. The predicted octanol–water partition coefficient (Wildman–Crippen LogP) is -0.735. The zero-order valence-electron chi connectivity index (χ0n) is 10.0. The minimum atomic E-state index is -1.10. The molecule has 0 aromatic carbocycles. The van der Waals surface area contributed by atoms with E-state index in [-0.39, 0.29) is 17.8 Å². The molecule has 5 N–H and O–H groups in total. The van der Waals surface area contributed by atoms with Crippen molar-refractivity contribution >= 4 is 23.6 Å². The number of aliphatic carboxylic acids is 1. The Morgan fingerprint density at radius 3 is 2.47 bits per heavy atom. The maximum Gasteiger partial charge on any atom is 0.322 e. The summed E-state index contributed by atoms with van der Waals surface area (Å²) >= 11 is 1.49. The van der Waals surface area contributed by atoms with E-state index in [0.717, 1.165) is 0 Å². The van der Waals surface area contributed by atoms with Gasteiger partial charge in [0.05, 0.1) is 6.04 Å². The van der Waals surface area contributed by atoms with Gasteiger partial charge >= 0.3 is 5.97 Å². The molecule has 0 rings (SSSR count). The Kier molecular flexibility index (Phi) is 7.94. The molecule has 100 valence electrons. The molecule has 0 spiro atoms. The molecule has 3 atom stereocenters. The fourth-order valence-corrected chi connectivity index (χ4v) is 2.01. The van der Waals surface area contributed by atoms with Gasteiger partial charge in [0.2, 0.25) is 5.91 Å². The largest absolute Gasteiger partial charge is 0.480 e. The number of aliphatic hydroxyl groups is 1. The third-order valence-corrected chi connectivity index (χ3v) is 3.92. The van der Waals surface area contributed by atoms with E-state index in [4.69, 9.17) is 15.9 Å². The highest BCUT2D eigenvalue weighted by Gasteiger charge is 2.18. The molecule has 17 heavy (non-hydrogen) atoms. The van der Waals surface area contributed by atoms with Gasteiger partial charge in [-0.25, -0.2) is 0 Å². The molecule has 6 nitrogen and oxygen atoms in total. The first-order valence-corrected chi connectivity index (χ1v) is 6.40. The molecule has 0 bridgehead atoms. The van der Waals surface area contributed by atoms with Gasteiger partial charge in [0, 0.05) is 17.6 Å². The Morgan fingerprint density at radius 2 is 2.00 bits per heavy atom. The summed E-state index contributed by atoms with van der Waals surface area (Å²) in [5.74, 6) is -1.03. The fourth-order valence-electron chi connectivity index (χ4n) is 0.938. The number of carbonyl (C=O) groups is 2. The van der Waals surface area contributed by atoms with Gasteiger partial charge in [-0.15, -0.1) is 0 Å². The van der Waals surface area contributed by atoms with Crippen LogP contribution < -0.4 is 11.1 Å². The summed E-state index contributed by atoms with van der Waals surface area (Å²) in [6, 6.07) is -0.729. The van der Waals surface area contributed by atoms with Gasteiger partial charge in [-0.3, -0.25) is 9.59 Å². The van der Waals surface area contributed by atoms with Crippen molar-refractivity contribution in [3.8, 4) is 0 Å². The molecule has 0 aliphatic carbocycles. The van der Waals surface area contributed by atoms with E-state index in [1.165, 1.54) is 11.8 Å². The number of amides is 1. The number of thioether (sulfide) groups is 1. The molecule has 0 aliphatic heterocycles. The minimum absolute atomic E-state index is 0.0919. The molecule has 0 saturated heterocycles. The van der Waals surface area contributed by atoms with Crippen LogP contribution in [0.4, 0.5) is 0 Å². The number of hydrogen-bond donors (Lipinski definition) is 4. The van der Waals surface area contributed by atoms with Gasteiger partial charge in [0.25, 0.3) is 0 Å². The van der Waals surface area contributed by atoms with Crippen molar-refractivity contribution in [3.05, 3.63) is 0 Å². The van der Waals surface area contributed by atoms with E-state index >= 15 is 0 Å². The first-order valence-electron chi connectivity index (χ1n) is 5.36. The van der Waals surface area contributed by atoms with E-state index in [1.54, 1.807) is 0 Å². The van der Waals surface area contributed by atoms with Crippen LogP contribution in [-0.4, -0.2) is 52.3 Å². The highest BCUT2D eigenvalue weighted by molar-refractivity contribution is 7.99. The minimum Gasteiger partial charge on any atom is -0.480 e. The summed E-state index contributed by atoms with van der Waals surface area (Å²) in [6.45, 7) is 3.54.